The number of hydrogen-bond donors (Lipinski definition) is 2. The molecule has 0 saturated carbocycles. The van der Waals surface area contributed by atoms with Crippen LogP contribution >= 0.6 is 15.9 Å². The maximum absolute atomic E-state index is 13.3. The van der Waals surface area contributed by atoms with E-state index >= 15 is 0 Å². The minimum absolute atomic E-state index is 0.0585. The third-order valence-corrected chi connectivity index (χ3v) is 7.57. The topological polar surface area (TPSA) is 68.3 Å². The maximum atomic E-state index is 13.3. The van der Waals surface area contributed by atoms with Crippen LogP contribution in [0.25, 0.3) is 0 Å². The Morgan fingerprint density at radius 1 is 1.15 bits per heavy atom. The quantitative estimate of drug-likeness (QED) is 0.636. The first-order valence-corrected chi connectivity index (χ1v) is 12.2. The van der Waals surface area contributed by atoms with E-state index in [1.807, 2.05) is 41.3 Å². The highest BCUT2D eigenvalue weighted by molar-refractivity contribution is 9.10. The number of likely N-dealkylation sites (N-methyl/N-ethyl adjacent to an activating group) is 1. The Morgan fingerprint density at radius 2 is 1.85 bits per heavy atom. The van der Waals surface area contributed by atoms with E-state index in [-0.39, 0.29) is 30.6 Å². The molecule has 2 N–H and O–H groups in total. The van der Waals surface area contributed by atoms with Gasteiger partial charge in [-0.15, -0.1) is 0 Å². The molecule has 2 aliphatic heterocycles. The van der Waals surface area contributed by atoms with E-state index in [0.717, 1.165) is 28.9 Å². The van der Waals surface area contributed by atoms with Gasteiger partial charge in [-0.1, -0.05) is 28.1 Å². The highest BCUT2D eigenvalue weighted by Gasteiger charge is 2.50. The van der Waals surface area contributed by atoms with Crippen LogP contribution in [0.4, 0.5) is 10.5 Å². The molecule has 0 bridgehead atoms. The van der Waals surface area contributed by atoms with Gasteiger partial charge in [-0.25, -0.2) is 4.79 Å². The summed E-state index contributed by atoms with van der Waals surface area (Å²) in [4.78, 5) is 19.8. The Bertz CT molecular complexity index is 938. The number of carbonyl (C=O) groups excluding carboxylic acids is 1. The number of urea groups is 1. The molecule has 7 nitrogen and oxygen atoms in total. The van der Waals surface area contributed by atoms with Crippen molar-refractivity contribution in [3.8, 4) is 5.75 Å². The van der Waals surface area contributed by atoms with Crippen molar-refractivity contribution >= 4 is 27.6 Å². The van der Waals surface area contributed by atoms with Crippen LogP contribution in [0.15, 0.2) is 53.0 Å². The molecule has 2 aliphatic rings. The van der Waals surface area contributed by atoms with E-state index in [9.17, 15) is 9.90 Å². The van der Waals surface area contributed by atoms with Gasteiger partial charge in [-0.2, -0.15) is 0 Å². The average Bonchev–Trinajstić information content (AvgIpc) is 2.79. The van der Waals surface area contributed by atoms with Gasteiger partial charge in [0.2, 0.25) is 0 Å². The Kier molecular flexibility index (Phi) is 7.58. The number of aliphatic hydroxyl groups is 1. The van der Waals surface area contributed by atoms with Gasteiger partial charge in [0.05, 0.1) is 13.7 Å². The smallest absolute Gasteiger partial charge is 0.321 e. The largest absolute Gasteiger partial charge is 0.497 e. The number of nitrogens with one attached hydrogen (secondary N) is 1. The molecule has 0 aromatic heterocycles. The third-order valence-electron chi connectivity index (χ3n) is 7.04. The summed E-state index contributed by atoms with van der Waals surface area (Å²) in [7, 11) is 5.80. The number of anilines is 1. The minimum atomic E-state index is -0.0958. The highest BCUT2D eigenvalue weighted by Crippen LogP contribution is 2.42. The normalized spacial score (nSPS) is 25.6. The molecule has 4 atom stereocenters. The molecule has 33 heavy (non-hydrogen) atoms. The number of methoxy groups -OCH3 is 1. The van der Waals surface area contributed by atoms with E-state index in [4.69, 9.17) is 4.74 Å². The lowest BCUT2D eigenvalue weighted by Gasteiger charge is -2.58. The van der Waals surface area contributed by atoms with Gasteiger partial charge < -0.3 is 25.0 Å². The molecule has 178 valence electrons. The van der Waals surface area contributed by atoms with Gasteiger partial charge >= 0.3 is 6.03 Å². The van der Waals surface area contributed by atoms with Gasteiger partial charge in [0, 0.05) is 53.8 Å². The van der Waals surface area contributed by atoms with Crippen LogP contribution in [0.1, 0.15) is 17.9 Å². The Morgan fingerprint density at radius 3 is 2.45 bits per heavy atom. The van der Waals surface area contributed by atoms with Crippen LogP contribution in [0.3, 0.4) is 0 Å². The summed E-state index contributed by atoms with van der Waals surface area (Å²) in [5.41, 5.74) is 1.95. The van der Waals surface area contributed by atoms with Crippen LogP contribution in [-0.4, -0.2) is 91.4 Å². The van der Waals surface area contributed by atoms with Crippen molar-refractivity contribution in [1.82, 2.24) is 14.7 Å². The summed E-state index contributed by atoms with van der Waals surface area (Å²) in [5.74, 6) is 0.936. The van der Waals surface area contributed by atoms with Gasteiger partial charge in [-0.05, 0) is 62.5 Å². The fourth-order valence-electron chi connectivity index (χ4n) is 5.09. The molecule has 2 aromatic rings. The number of benzene rings is 2. The van der Waals surface area contributed by atoms with Crippen LogP contribution in [0.2, 0.25) is 0 Å². The van der Waals surface area contributed by atoms with E-state index in [1.165, 1.54) is 5.56 Å². The van der Waals surface area contributed by atoms with E-state index in [1.54, 1.807) is 7.11 Å². The molecule has 2 amide bonds. The van der Waals surface area contributed by atoms with Crippen molar-refractivity contribution in [2.45, 2.75) is 30.5 Å². The number of rotatable bonds is 5. The predicted molar refractivity (Wildman–Crippen MR) is 134 cm³/mol. The number of carbonyl (C=O) groups is 1. The number of ether oxygens (including phenoxy) is 1. The van der Waals surface area contributed by atoms with Crippen molar-refractivity contribution in [2.75, 3.05) is 52.8 Å². The lowest BCUT2D eigenvalue weighted by atomic mass is 9.74. The summed E-state index contributed by atoms with van der Waals surface area (Å²) < 4.78 is 6.25. The number of aliphatic hydroxyl groups excluding tert-OH is 1. The fraction of sp³-hybridized carbons (Fsp3) is 0.480. The second-order valence-electron chi connectivity index (χ2n) is 9.10. The maximum Gasteiger partial charge on any atom is 0.321 e. The Labute approximate surface area is 204 Å². The van der Waals surface area contributed by atoms with E-state index < -0.39 is 0 Å². The lowest BCUT2D eigenvalue weighted by molar-refractivity contribution is -0.0723. The van der Waals surface area contributed by atoms with Crippen LogP contribution in [0.5, 0.6) is 5.75 Å². The van der Waals surface area contributed by atoms with Crippen molar-refractivity contribution in [1.29, 1.82) is 0 Å². The molecule has 2 aromatic carbocycles. The van der Waals surface area contributed by atoms with Crippen LogP contribution < -0.4 is 10.1 Å². The summed E-state index contributed by atoms with van der Waals surface area (Å²) in [6.45, 7) is 2.31. The molecule has 0 spiro atoms. The third kappa shape index (κ3) is 5.19. The van der Waals surface area contributed by atoms with Gasteiger partial charge in [0.15, 0.2) is 0 Å². The van der Waals surface area contributed by atoms with Crippen molar-refractivity contribution < 1.29 is 14.6 Å². The van der Waals surface area contributed by atoms with E-state index in [2.05, 4.69) is 57.3 Å². The summed E-state index contributed by atoms with van der Waals surface area (Å²) in [6.07, 6.45) is 0.882. The molecule has 4 rings (SSSR count). The van der Waals surface area contributed by atoms with Crippen LogP contribution in [-0.2, 0) is 0 Å². The minimum Gasteiger partial charge on any atom is -0.497 e. The second kappa shape index (κ2) is 10.4. The summed E-state index contributed by atoms with van der Waals surface area (Å²) in [5, 5.41) is 13.3. The first-order chi connectivity index (χ1) is 15.9. The zero-order valence-corrected chi connectivity index (χ0v) is 21.0. The summed E-state index contributed by atoms with van der Waals surface area (Å²) >= 11 is 3.52. The Balaban J connectivity index is 1.56. The van der Waals surface area contributed by atoms with Gasteiger partial charge in [0.25, 0.3) is 0 Å². The number of halogens is 1. The number of hydrogen-bond acceptors (Lipinski definition) is 5. The Hall–Kier alpha value is -2.13. The molecule has 8 heteroatoms. The monoisotopic (exact) mass is 516 g/mol. The molecule has 0 aliphatic carbocycles. The molecule has 2 heterocycles. The fourth-order valence-corrected chi connectivity index (χ4v) is 5.35. The zero-order chi connectivity index (χ0) is 23.5. The SMILES string of the molecule is COc1ccc(NC(=O)N2CCC(N(C)C)CN3C(C2)C(c2ccc(Br)cc2)[C@H]3CO)cc1. The van der Waals surface area contributed by atoms with Crippen LogP contribution in [0, 0.1) is 0 Å². The van der Waals surface area contributed by atoms with Crippen molar-refractivity contribution in [2.24, 2.45) is 0 Å². The predicted octanol–water partition coefficient (Wildman–Crippen LogP) is 3.45. The van der Waals surface area contributed by atoms with Gasteiger partial charge in [0.1, 0.15) is 5.75 Å². The molecule has 2 fully saturated rings. The molecule has 2 saturated heterocycles. The molecule has 0 radical (unpaired) electrons. The van der Waals surface area contributed by atoms with Crippen molar-refractivity contribution in [3.05, 3.63) is 58.6 Å². The number of amides is 2. The standard InChI is InChI=1S/C25H33BrN4O3/c1-28(2)20-12-13-29(25(32)27-19-8-10-21(33-3)11-9-19)15-22-24(23(16-31)30(22)14-20)17-4-6-18(26)7-5-17/h4-11,20,22-24,31H,12-16H2,1-3H3,(H,27,32)/t20?,22?,23-,24?/m1/s1. The first-order valence-electron chi connectivity index (χ1n) is 11.4. The lowest BCUT2D eigenvalue weighted by Crippen LogP contribution is -2.70. The van der Waals surface area contributed by atoms with Crippen molar-refractivity contribution in [3.63, 3.8) is 0 Å². The second-order valence-corrected chi connectivity index (χ2v) is 10.0. The molecule has 3 unspecified atom stereocenters. The number of fused-ring (bicyclic) bond motifs is 1. The average molecular weight is 517 g/mol. The first kappa shape index (κ1) is 24.0. The number of nitrogens with zero attached hydrogens (tertiary/aromatic N) is 3. The summed E-state index contributed by atoms with van der Waals surface area (Å²) in [6, 6.07) is 16.2. The highest BCUT2D eigenvalue weighted by atomic mass is 79.9. The molecular weight excluding hydrogens is 484 g/mol. The zero-order valence-electron chi connectivity index (χ0n) is 19.4. The van der Waals surface area contributed by atoms with Gasteiger partial charge in [-0.3, -0.25) is 4.90 Å². The van der Waals surface area contributed by atoms with E-state index in [0.29, 0.717) is 19.1 Å². The molecular formula is C25H33BrN4O3.